The summed E-state index contributed by atoms with van der Waals surface area (Å²) in [5.41, 5.74) is 5.77. The molecule has 1 aliphatic rings. The van der Waals surface area contributed by atoms with E-state index in [-0.39, 0.29) is 25.8 Å². The van der Waals surface area contributed by atoms with E-state index in [9.17, 15) is 0 Å². The van der Waals surface area contributed by atoms with Gasteiger partial charge in [-0.2, -0.15) is 0 Å². The number of aryl methyl sites for hydroxylation is 1. The van der Waals surface area contributed by atoms with Crippen LogP contribution in [0.2, 0.25) is 0 Å². The molecule has 0 aliphatic heterocycles. The van der Waals surface area contributed by atoms with Crippen LogP contribution in [-0.2, 0) is 32.3 Å². The minimum Gasteiger partial charge on any atom is -0.0617 e. The van der Waals surface area contributed by atoms with Gasteiger partial charge in [0, 0.05) is 32.3 Å². The summed E-state index contributed by atoms with van der Waals surface area (Å²) < 4.78 is 0. The largest absolute Gasteiger partial charge is 0.0617 e. The number of hydrogen-bond donors (Lipinski definition) is 0. The standard InChI is InChI=1S/C13H15.Hf/c1-3-10-8-12-7-5-6-11(4-2)13(12)9-10;/h5-9H,3-4H2,1-2H3;. The van der Waals surface area contributed by atoms with Gasteiger partial charge in [0.25, 0.3) is 0 Å². The van der Waals surface area contributed by atoms with Crippen molar-refractivity contribution in [2.45, 2.75) is 26.7 Å². The molecule has 0 saturated carbocycles. The van der Waals surface area contributed by atoms with E-state index in [1.807, 2.05) is 0 Å². The topological polar surface area (TPSA) is 0 Å². The van der Waals surface area contributed by atoms with E-state index in [4.69, 9.17) is 0 Å². The van der Waals surface area contributed by atoms with Crippen LogP contribution in [-0.4, -0.2) is 0 Å². The zero-order valence-corrected chi connectivity index (χ0v) is 12.4. The van der Waals surface area contributed by atoms with Crippen LogP contribution < -0.4 is 0 Å². The monoisotopic (exact) mass is 351 g/mol. The molecule has 2 rings (SSSR count). The van der Waals surface area contributed by atoms with Crippen molar-refractivity contribution in [1.82, 2.24) is 0 Å². The van der Waals surface area contributed by atoms with Gasteiger partial charge in [0.1, 0.15) is 0 Å². The van der Waals surface area contributed by atoms with Gasteiger partial charge in [-0.05, 0) is 29.5 Å². The van der Waals surface area contributed by atoms with Crippen molar-refractivity contribution < 1.29 is 25.8 Å². The van der Waals surface area contributed by atoms with Crippen LogP contribution >= 0.6 is 0 Å². The van der Waals surface area contributed by atoms with Gasteiger partial charge in [-0.15, -0.1) is 0 Å². The Labute approximate surface area is 105 Å². The Hall–Kier alpha value is -0.170. The molecule has 0 amide bonds. The average molecular weight is 350 g/mol. The van der Waals surface area contributed by atoms with Crippen molar-refractivity contribution >= 4 is 6.08 Å². The van der Waals surface area contributed by atoms with Gasteiger partial charge >= 0.3 is 0 Å². The predicted molar refractivity (Wildman–Crippen MR) is 57.5 cm³/mol. The smallest absolute Gasteiger partial charge is 0.0164 e. The molecule has 0 atom stereocenters. The minimum absolute atomic E-state index is 0. The van der Waals surface area contributed by atoms with Crippen molar-refractivity contribution in [2.75, 3.05) is 0 Å². The molecule has 0 N–H and O–H groups in total. The molecule has 0 nitrogen and oxygen atoms in total. The van der Waals surface area contributed by atoms with Crippen molar-refractivity contribution in [3.8, 4) is 0 Å². The summed E-state index contributed by atoms with van der Waals surface area (Å²) >= 11 is 0. The zero-order valence-electron chi connectivity index (χ0n) is 8.80. The van der Waals surface area contributed by atoms with Gasteiger partial charge in [0.15, 0.2) is 0 Å². The molecule has 1 heteroatoms. The third kappa shape index (κ3) is 2.08. The maximum atomic E-state index is 2.33. The Morgan fingerprint density at radius 2 is 1.86 bits per heavy atom. The van der Waals surface area contributed by atoms with Crippen LogP contribution in [0.3, 0.4) is 0 Å². The molecule has 1 aliphatic carbocycles. The van der Waals surface area contributed by atoms with Crippen LogP contribution in [0.25, 0.3) is 6.08 Å². The molecule has 0 aromatic heterocycles. The van der Waals surface area contributed by atoms with Crippen LogP contribution in [0.5, 0.6) is 0 Å². The quantitative estimate of drug-likeness (QED) is 0.716. The SMILES string of the molecule is CCC1=Cc2c(cccc2CC)[CH]1.[Hf]. The van der Waals surface area contributed by atoms with Gasteiger partial charge in [0.05, 0.1) is 0 Å². The average Bonchev–Trinajstić information content (AvgIpc) is 2.59. The Balaban J connectivity index is 0.000000980. The number of allylic oxidation sites excluding steroid dienone is 1. The number of fused-ring (bicyclic) bond motifs is 1. The summed E-state index contributed by atoms with van der Waals surface area (Å²) in [6.07, 6.45) is 6.89. The number of benzene rings is 1. The molecule has 1 radical (unpaired) electrons. The molecule has 0 spiro atoms. The van der Waals surface area contributed by atoms with E-state index >= 15 is 0 Å². The number of rotatable bonds is 2. The van der Waals surface area contributed by atoms with Crippen LogP contribution in [0.4, 0.5) is 0 Å². The van der Waals surface area contributed by atoms with E-state index in [2.05, 4.69) is 44.5 Å². The molecule has 1 aromatic carbocycles. The second-order valence-corrected chi connectivity index (χ2v) is 3.49. The van der Waals surface area contributed by atoms with E-state index in [0.29, 0.717) is 0 Å². The zero-order chi connectivity index (χ0) is 9.26. The summed E-state index contributed by atoms with van der Waals surface area (Å²) in [6.45, 7) is 4.42. The van der Waals surface area contributed by atoms with Crippen molar-refractivity contribution in [1.29, 1.82) is 0 Å². The van der Waals surface area contributed by atoms with E-state index in [1.165, 1.54) is 22.3 Å². The van der Waals surface area contributed by atoms with Crippen LogP contribution in [0.1, 0.15) is 37.0 Å². The molecular weight excluding hydrogens is 335 g/mol. The first-order valence-corrected chi connectivity index (χ1v) is 5.02. The fourth-order valence-corrected chi connectivity index (χ4v) is 1.87. The summed E-state index contributed by atoms with van der Waals surface area (Å²) in [5, 5.41) is 0. The van der Waals surface area contributed by atoms with Gasteiger partial charge in [-0.1, -0.05) is 43.7 Å². The maximum absolute atomic E-state index is 2.33. The van der Waals surface area contributed by atoms with Crippen molar-refractivity contribution in [3.63, 3.8) is 0 Å². The third-order valence-corrected chi connectivity index (χ3v) is 2.69. The maximum Gasteiger partial charge on any atom is 0.0164 e. The normalized spacial score (nSPS) is 13.1. The molecule has 14 heavy (non-hydrogen) atoms. The Kier molecular flexibility index (Phi) is 4.31. The second kappa shape index (κ2) is 5.06. The molecule has 0 bridgehead atoms. The fraction of sp³-hybridized carbons (Fsp3) is 0.308. The number of hydrogen-bond acceptors (Lipinski definition) is 0. The summed E-state index contributed by atoms with van der Waals surface area (Å²) in [4.78, 5) is 0. The predicted octanol–water partition coefficient (Wildman–Crippen LogP) is 3.61. The summed E-state index contributed by atoms with van der Waals surface area (Å²) in [7, 11) is 0. The summed E-state index contributed by atoms with van der Waals surface area (Å²) in [5.74, 6) is 0. The van der Waals surface area contributed by atoms with Crippen LogP contribution in [0.15, 0.2) is 23.8 Å². The van der Waals surface area contributed by atoms with Gasteiger partial charge in [-0.25, -0.2) is 0 Å². The fourth-order valence-electron chi connectivity index (χ4n) is 1.87. The van der Waals surface area contributed by atoms with Crippen molar-refractivity contribution in [3.05, 3.63) is 46.9 Å². The molecule has 1 aromatic rings. The van der Waals surface area contributed by atoms with Crippen molar-refractivity contribution in [2.24, 2.45) is 0 Å². The first-order chi connectivity index (χ1) is 6.35. The molecule has 0 saturated heterocycles. The summed E-state index contributed by atoms with van der Waals surface area (Å²) in [6, 6.07) is 6.58. The second-order valence-electron chi connectivity index (χ2n) is 3.49. The van der Waals surface area contributed by atoms with Gasteiger partial charge in [0.2, 0.25) is 0 Å². The molecule has 71 valence electrons. The third-order valence-electron chi connectivity index (χ3n) is 2.69. The first-order valence-electron chi connectivity index (χ1n) is 5.02. The molecule has 0 heterocycles. The van der Waals surface area contributed by atoms with Crippen LogP contribution in [0, 0.1) is 6.42 Å². The van der Waals surface area contributed by atoms with E-state index in [1.54, 1.807) is 0 Å². The molecule has 0 unspecified atom stereocenters. The Morgan fingerprint density at radius 3 is 2.50 bits per heavy atom. The Morgan fingerprint density at radius 1 is 1.07 bits per heavy atom. The van der Waals surface area contributed by atoms with E-state index in [0.717, 1.165) is 12.8 Å². The molecule has 0 fully saturated rings. The Bertz CT molecular complexity index is 350. The van der Waals surface area contributed by atoms with Gasteiger partial charge < -0.3 is 0 Å². The first kappa shape index (κ1) is 11.9. The van der Waals surface area contributed by atoms with Gasteiger partial charge in [-0.3, -0.25) is 0 Å². The molecular formula is C13H15Hf. The minimum atomic E-state index is 0. The van der Waals surface area contributed by atoms with E-state index < -0.39 is 0 Å².